The van der Waals surface area contributed by atoms with Crippen molar-refractivity contribution in [1.82, 2.24) is 0 Å². The average molecular weight is 167 g/mol. The van der Waals surface area contributed by atoms with Crippen LogP contribution in [-0.4, -0.2) is 11.8 Å². The number of carbonyl (C=O) groups is 1. The molecule has 12 heavy (non-hydrogen) atoms. The number of halogens is 1. The highest BCUT2D eigenvalue weighted by atomic mass is 19.1. The molecule has 0 spiro atoms. The Bertz CT molecular complexity index is 330. The van der Waals surface area contributed by atoms with Crippen LogP contribution in [0.1, 0.15) is 15.9 Å². The van der Waals surface area contributed by atoms with Crippen molar-refractivity contribution in [1.29, 1.82) is 5.26 Å². The van der Waals surface area contributed by atoms with E-state index in [0.29, 0.717) is 6.29 Å². The van der Waals surface area contributed by atoms with Crippen LogP contribution in [0.3, 0.4) is 0 Å². The summed E-state index contributed by atoms with van der Waals surface area (Å²) in [5, 5.41) is 8.35. The fraction of sp³-hybridized carbons (Fsp3) is 0. The number of nitriles is 1. The van der Waals surface area contributed by atoms with Gasteiger partial charge in [-0.3, -0.25) is 4.79 Å². The molecule has 1 aromatic rings. The van der Waals surface area contributed by atoms with Gasteiger partial charge in [0.15, 0.2) is 0 Å². The Morgan fingerprint density at radius 3 is 2.58 bits per heavy atom. The van der Waals surface area contributed by atoms with Gasteiger partial charge in [-0.15, -0.1) is 0 Å². The number of hydrogen-bond acceptors (Lipinski definition) is 2. The van der Waals surface area contributed by atoms with Crippen LogP contribution in [0, 0.1) is 17.1 Å². The summed E-state index contributed by atoms with van der Waals surface area (Å²) in [5.41, 5.74) is 0.341. The monoisotopic (exact) mass is 167 g/mol. The molecule has 0 saturated carbocycles. The normalized spacial score (nSPS) is 8.00. The SMILES string of the molecule is N#Cc1cc(F)cc(C=O)c1.O. The van der Waals surface area contributed by atoms with Gasteiger partial charge in [-0.05, 0) is 18.2 Å². The molecule has 0 amide bonds. The zero-order valence-electron chi connectivity index (χ0n) is 6.04. The van der Waals surface area contributed by atoms with Gasteiger partial charge in [0.1, 0.15) is 12.1 Å². The molecule has 3 nitrogen and oxygen atoms in total. The molecule has 1 rings (SSSR count). The van der Waals surface area contributed by atoms with Crippen molar-refractivity contribution in [3.8, 4) is 6.07 Å². The van der Waals surface area contributed by atoms with Gasteiger partial charge in [0.25, 0.3) is 0 Å². The smallest absolute Gasteiger partial charge is 0.150 e. The highest BCUT2D eigenvalue weighted by Crippen LogP contribution is 2.05. The fourth-order valence-corrected chi connectivity index (χ4v) is 0.745. The maximum absolute atomic E-state index is 12.5. The predicted octanol–water partition coefficient (Wildman–Crippen LogP) is 0.685. The molecule has 0 bridgehead atoms. The third kappa shape index (κ3) is 2.15. The van der Waals surface area contributed by atoms with Crippen molar-refractivity contribution in [2.24, 2.45) is 0 Å². The molecule has 0 aliphatic carbocycles. The topological polar surface area (TPSA) is 72.4 Å². The Hall–Kier alpha value is -1.73. The average Bonchev–Trinajstić information content (AvgIpc) is 2.03. The minimum atomic E-state index is -0.564. The summed E-state index contributed by atoms with van der Waals surface area (Å²) in [5.74, 6) is -0.564. The molecule has 2 N–H and O–H groups in total. The van der Waals surface area contributed by atoms with Crippen molar-refractivity contribution < 1.29 is 14.7 Å². The Morgan fingerprint density at radius 2 is 2.08 bits per heavy atom. The van der Waals surface area contributed by atoms with Crippen LogP contribution >= 0.6 is 0 Å². The lowest BCUT2D eigenvalue weighted by Gasteiger charge is -1.91. The number of rotatable bonds is 1. The van der Waals surface area contributed by atoms with Crippen LogP contribution in [0.15, 0.2) is 18.2 Å². The minimum Gasteiger partial charge on any atom is -0.412 e. The van der Waals surface area contributed by atoms with Gasteiger partial charge in [-0.1, -0.05) is 0 Å². The molecule has 0 aromatic heterocycles. The summed E-state index contributed by atoms with van der Waals surface area (Å²) in [4.78, 5) is 10.2. The zero-order chi connectivity index (χ0) is 8.27. The van der Waals surface area contributed by atoms with Crippen molar-refractivity contribution >= 4 is 6.29 Å². The second-order valence-corrected chi connectivity index (χ2v) is 2.00. The molecule has 0 saturated heterocycles. The van der Waals surface area contributed by atoms with E-state index in [0.717, 1.165) is 12.1 Å². The summed E-state index contributed by atoms with van der Waals surface area (Å²) < 4.78 is 12.5. The van der Waals surface area contributed by atoms with E-state index >= 15 is 0 Å². The van der Waals surface area contributed by atoms with Gasteiger partial charge in [-0.25, -0.2) is 4.39 Å². The van der Waals surface area contributed by atoms with E-state index in [9.17, 15) is 9.18 Å². The quantitative estimate of drug-likeness (QED) is 0.577. The van der Waals surface area contributed by atoms with E-state index < -0.39 is 5.82 Å². The standard InChI is InChI=1S/C8H4FNO.H2O/c9-8-2-6(4-10)1-7(3-8)5-11;/h1-3,5H;1H2. The van der Waals surface area contributed by atoms with E-state index in [1.807, 2.05) is 0 Å². The fourth-order valence-electron chi connectivity index (χ4n) is 0.745. The molecular formula is C8H6FNO2. The van der Waals surface area contributed by atoms with E-state index in [-0.39, 0.29) is 16.6 Å². The number of hydrogen-bond donors (Lipinski definition) is 0. The molecule has 0 fully saturated rings. The minimum absolute atomic E-state index is 0. The highest BCUT2D eigenvalue weighted by Gasteiger charge is 1.97. The van der Waals surface area contributed by atoms with Gasteiger partial charge in [0.2, 0.25) is 0 Å². The number of aldehydes is 1. The first-order chi connectivity index (χ1) is 5.26. The molecule has 4 heteroatoms. The maximum atomic E-state index is 12.5. The van der Waals surface area contributed by atoms with Crippen LogP contribution in [-0.2, 0) is 0 Å². The van der Waals surface area contributed by atoms with Gasteiger partial charge >= 0.3 is 0 Å². The molecular weight excluding hydrogens is 161 g/mol. The lowest BCUT2D eigenvalue weighted by Crippen LogP contribution is -1.85. The van der Waals surface area contributed by atoms with Crippen LogP contribution < -0.4 is 0 Å². The van der Waals surface area contributed by atoms with E-state index in [1.165, 1.54) is 6.07 Å². The third-order valence-corrected chi connectivity index (χ3v) is 1.19. The van der Waals surface area contributed by atoms with Crippen molar-refractivity contribution in [3.05, 3.63) is 35.1 Å². The van der Waals surface area contributed by atoms with E-state index in [4.69, 9.17) is 5.26 Å². The second-order valence-electron chi connectivity index (χ2n) is 2.00. The number of benzene rings is 1. The first-order valence-electron chi connectivity index (χ1n) is 2.92. The summed E-state index contributed by atoms with van der Waals surface area (Å²) in [6.45, 7) is 0. The predicted molar refractivity (Wildman–Crippen MR) is 40.1 cm³/mol. The summed E-state index contributed by atoms with van der Waals surface area (Å²) >= 11 is 0. The first-order valence-corrected chi connectivity index (χ1v) is 2.92. The first kappa shape index (κ1) is 10.3. The molecule has 0 radical (unpaired) electrons. The van der Waals surface area contributed by atoms with Crippen LogP contribution in [0.5, 0.6) is 0 Å². The molecule has 0 unspecified atom stereocenters. The second kappa shape index (κ2) is 4.21. The Labute approximate surface area is 68.4 Å². The Kier molecular flexibility index (Phi) is 3.60. The van der Waals surface area contributed by atoms with Crippen molar-refractivity contribution in [2.75, 3.05) is 0 Å². The largest absolute Gasteiger partial charge is 0.412 e. The molecule has 0 aliphatic heterocycles. The molecule has 0 aliphatic rings. The maximum Gasteiger partial charge on any atom is 0.150 e. The van der Waals surface area contributed by atoms with Crippen LogP contribution in [0.4, 0.5) is 4.39 Å². The van der Waals surface area contributed by atoms with Crippen molar-refractivity contribution in [2.45, 2.75) is 0 Å². The number of nitrogens with zero attached hydrogens (tertiary/aromatic N) is 1. The highest BCUT2D eigenvalue weighted by molar-refractivity contribution is 5.75. The molecule has 62 valence electrons. The van der Waals surface area contributed by atoms with Gasteiger partial charge in [0, 0.05) is 5.56 Å². The summed E-state index contributed by atoms with van der Waals surface area (Å²) in [7, 11) is 0. The van der Waals surface area contributed by atoms with E-state index in [1.54, 1.807) is 6.07 Å². The summed E-state index contributed by atoms with van der Waals surface area (Å²) in [6, 6.07) is 5.23. The molecule has 0 atom stereocenters. The summed E-state index contributed by atoms with van der Waals surface area (Å²) in [6.07, 6.45) is 0.504. The zero-order valence-corrected chi connectivity index (χ0v) is 6.04. The Morgan fingerprint density at radius 1 is 1.42 bits per heavy atom. The molecule has 0 heterocycles. The Balaban J connectivity index is 0.00000121. The molecule has 1 aromatic carbocycles. The van der Waals surface area contributed by atoms with Crippen LogP contribution in [0.25, 0.3) is 0 Å². The third-order valence-electron chi connectivity index (χ3n) is 1.19. The lowest BCUT2D eigenvalue weighted by molar-refractivity contribution is 0.112. The van der Waals surface area contributed by atoms with Gasteiger partial charge in [0.05, 0.1) is 11.6 Å². The van der Waals surface area contributed by atoms with Gasteiger partial charge < -0.3 is 5.48 Å². The number of carbonyl (C=O) groups excluding carboxylic acids is 1. The van der Waals surface area contributed by atoms with Crippen LogP contribution in [0.2, 0.25) is 0 Å². The lowest BCUT2D eigenvalue weighted by atomic mass is 10.1. The van der Waals surface area contributed by atoms with Gasteiger partial charge in [-0.2, -0.15) is 5.26 Å². The van der Waals surface area contributed by atoms with E-state index in [2.05, 4.69) is 0 Å². The van der Waals surface area contributed by atoms with Crippen molar-refractivity contribution in [3.63, 3.8) is 0 Å².